The van der Waals surface area contributed by atoms with Gasteiger partial charge in [-0.25, -0.2) is 0 Å². The number of hydrogen-bond donors (Lipinski definition) is 0. The van der Waals surface area contributed by atoms with E-state index < -0.39 is 0 Å². The minimum absolute atomic E-state index is 0.107. The molecule has 26 heavy (non-hydrogen) atoms. The Balaban J connectivity index is 1.70. The lowest BCUT2D eigenvalue weighted by Crippen LogP contribution is -2.49. The molecule has 2 unspecified atom stereocenters. The van der Waals surface area contributed by atoms with Crippen LogP contribution in [0.5, 0.6) is 0 Å². The Kier molecular flexibility index (Phi) is 6.78. The van der Waals surface area contributed by atoms with E-state index in [9.17, 15) is 9.59 Å². The lowest BCUT2D eigenvalue weighted by atomic mass is 9.96. The van der Waals surface area contributed by atoms with Crippen LogP contribution in [0.4, 0.5) is 0 Å². The highest BCUT2D eigenvalue weighted by atomic mass is 16.5. The summed E-state index contributed by atoms with van der Waals surface area (Å²) >= 11 is 0. The van der Waals surface area contributed by atoms with Crippen molar-refractivity contribution >= 4 is 11.9 Å². The molecule has 1 amide bonds. The van der Waals surface area contributed by atoms with Gasteiger partial charge in [-0.1, -0.05) is 25.9 Å². The number of nitrogens with zero attached hydrogens (tertiary/aromatic N) is 3. The zero-order valence-corrected chi connectivity index (χ0v) is 16.6. The summed E-state index contributed by atoms with van der Waals surface area (Å²) in [6, 6.07) is 0.416. The highest BCUT2D eigenvalue weighted by molar-refractivity contribution is 5.81. The van der Waals surface area contributed by atoms with Gasteiger partial charge in [-0.2, -0.15) is 4.98 Å². The van der Waals surface area contributed by atoms with Gasteiger partial charge in [-0.05, 0) is 39.5 Å². The first-order valence-corrected chi connectivity index (χ1v) is 9.48. The standard InChI is InChI=1S/C19H31N3O4/c1-13-8-6-9-14(2)22(13)16(23)12-25-17(24)11-7-10-15-20-18(21-26-15)19(3,4)5/h13-14H,6-12H2,1-5H3. The molecule has 1 aliphatic heterocycles. The molecule has 0 spiro atoms. The summed E-state index contributed by atoms with van der Waals surface area (Å²) in [7, 11) is 0. The highest BCUT2D eigenvalue weighted by Gasteiger charge is 2.29. The lowest BCUT2D eigenvalue weighted by Gasteiger charge is -2.38. The van der Waals surface area contributed by atoms with Gasteiger partial charge in [0.15, 0.2) is 12.4 Å². The molecule has 2 heterocycles. The second kappa shape index (κ2) is 8.64. The molecule has 0 aliphatic carbocycles. The van der Waals surface area contributed by atoms with Crippen LogP contribution < -0.4 is 0 Å². The minimum Gasteiger partial charge on any atom is -0.456 e. The summed E-state index contributed by atoms with van der Waals surface area (Å²) in [5.74, 6) is 0.705. The summed E-state index contributed by atoms with van der Waals surface area (Å²) < 4.78 is 10.4. The number of ether oxygens (including phenoxy) is 1. The van der Waals surface area contributed by atoms with Crippen LogP contribution in [0.25, 0.3) is 0 Å². The number of carbonyl (C=O) groups is 2. The molecule has 1 saturated heterocycles. The Morgan fingerprint density at radius 1 is 1.23 bits per heavy atom. The van der Waals surface area contributed by atoms with Crippen LogP contribution >= 0.6 is 0 Å². The van der Waals surface area contributed by atoms with Gasteiger partial charge in [0.1, 0.15) is 0 Å². The van der Waals surface area contributed by atoms with Crippen molar-refractivity contribution in [3.05, 3.63) is 11.7 Å². The average molecular weight is 365 g/mol. The molecule has 2 atom stereocenters. The smallest absolute Gasteiger partial charge is 0.306 e. The number of likely N-dealkylation sites (tertiary alicyclic amines) is 1. The number of rotatable bonds is 6. The van der Waals surface area contributed by atoms with E-state index in [4.69, 9.17) is 9.26 Å². The average Bonchev–Trinajstić information content (AvgIpc) is 3.02. The molecule has 7 nitrogen and oxygen atoms in total. The van der Waals surface area contributed by atoms with E-state index in [0.29, 0.717) is 24.6 Å². The zero-order chi connectivity index (χ0) is 19.3. The van der Waals surface area contributed by atoms with Gasteiger partial charge in [0.2, 0.25) is 5.89 Å². The molecule has 2 rings (SSSR count). The quantitative estimate of drug-likeness (QED) is 0.720. The van der Waals surface area contributed by atoms with Crippen molar-refractivity contribution in [1.29, 1.82) is 0 Å². The Hall–Kier alpha value is -1.92. The Morgan fingerprint density at radius 3 is 2.46 bits per heavy atom. The van der Waals surface area contributed by atoms with Gasteiger partial charge in [0.25, 0.3) is 5.91 Å². The first kappa shape index (κ1) is 20.4. The van der Waals surface area contributed by atoms with Crippen molar-refractivity contribution in [3.8, 4) is 0 Å². The number of piperidine rings is 1. The third kappa shape index (κ3) is 5.54. The predicted molar refractivity (Wildman–Crippen MR) is 96.5 cm³/mol. The Labute approximate surface area is 155 Å². The van der Waals surface area contributed by atoms with E-state index in [1.54, 1.807) is 0 Å². The summed E-state index contributed by atoms with van der Waals surface area (Å²) in [5.41, 5.74) is -0.163. The fraction of sp³-hybridized carbons (Fsp3) is 0.789. The molecule has 1 aromatic rings. The predicted octanol–water partition coefficient (Wildman–Crippen LogP) is 3.02. The summed E-state index contributed by atoms with van der Waals surface area (Å²) in [6.45, 7) is 9.96. The number of amides is 1. The molecule has 7 heteroatoms. The first-order valence-electron chi connectivity index (χ1n) is 9.48. The SMILES string of the molecule is CC1CCCC(C)N1C(=O)COC(=O)CCCc1nc(C(C)(C)C)no1. The van der Waals surface area contributed by atoms with E-state index in [2.05, 4.69) is 10.1 Å². The molecule has 0 radical (unpaired) electrons. The van der Waals surface area contributed by atoms with Gasteiger partial charge in [0.05, 0.1) is 0 Å². The van der Waals surface area contributed by atoms with Crippen LogP contribution in [-0.2, 0) is 26.2 Å². The van der Waals surface area contributed by atoms with Crippen LogP contribution in [0.2, 0.25) is 0 Å². The fourth-order valence-corrected chi connectivity index (χ4v) is 3.25. The Bertz CT molecular complexity index is 611. The molecule has 0 aromatic carbocycles. The molecule has 1 aromatic heterocycles. The van der Waals surface area contributed by atoms with Gasteiger partial charge < -0.3 is 14.2 Å². The van der Waals surface area contributed by atoms with Crippen LogP contribution in [0.3, 0.4) is 0 Å². The van der Waals surface area contributed by atoms with Crippen LogP contribution in [0, 0.1) is 0 Å². The second-order valence-electron chi connectivity index (χ2n) is 8.21. The number of esters is 1. The van der Waals surface area contributed by atoms with Gasteiger partial charge in [0, 0.05) is 30.3 Å². The number of aryl methyl sites for hydroxylation is 1. The monoisotopic (exact) mass is 365 g/mol. The third-order valence-electron chi connectivity index (χ3n) is 4.75. The van der Waals surface area contributed by atoms with Gasteiger partial charge in [-0.15, -0.1) is 0 Å². The van der Waals surface area contributed by atoms with E-state index in [-0.39, 0.29) is 42.4 Å². The maximum Gasteiger partial charge on any atom is 0.306 e. The lowest BCUT2D eigenvalue weighted by molar-refractivity contribution is -0.154. The molecule has 1 fully saturated rings. The number of aromatic nitrogens is 2. The summed E-state index contributed by atoms with van der Waals surface area (Å²) in [4.78, 5) is 30.4. The molecule has 1 aliphatic rings. The Morgan fingerprint density at radius 2 is 1.88 bits per heavy atom. The van der Waals surface area contributed by atoms with Crippen LogP contribution in [-0.4, -0.2) is 45.6 Å². The molecular formula is C19H31N3O4. The van der Waals surface area contributed by atoms with E-state index >= 15 is 0 Å². The normalized spacial score (nSPS) is 20.9. The molecular weight excluding hydrogens is 334 g/mol. The van der Waals surface area contributed by atoms with Crippen molar-refractivity contribution in [3.63, 3.8) is 0 Å². The van der Waals surface area contributed by atoms with Crippen molar-refractivity contribution in [2.75, 3.05) is 6.61 Å². The highest BCUT2D eigenvalue weighted by Crippen LogP contribution is 2.22. The minimum atomic E-state index is -0.369. The van der Waals surface area contributed by atoms with E-state index in [1.165, 1.54) is 0 Å². The van der Waals surface area contributed by atoms with Crippen molar-refractivity contribution in [2.45, 2.75) is 90.6 Å². The van der Waals surface area contributed by atoms with Crippen LogP contribution in [0.15, 0.2) is 4.52 Å². The maximum absolute atomic E-state index is 12.3. The number of carbonyl (C=O) groups excluding carboxylic acids is 2. The molecule has 0 saturated carbocycles. The zero-order valence-electron chi connectivity index (χ0n) is 16.6. The molecule has 0 N–H and O–H groups in total. The number of hydrogen-bond acceptors (Lipinski definition) is 6. The van der Waals surface area contributed by atoms with Crippen LogP contribution in [0.1, 0.15) is 78.4 Å². The topological polar surface area (TPSA) is 85.5 Å². The van der Waals surface area contributed by atoms with Gasteiger partial charge >= 0.3 is 5.97 Å². The molecule has 0 bridgehead atoms. The summed E-state index contributed by atoms with van der Waals surface area (Å²) in [5, 5.41) is 3.96. The first-order chi connectivity index (χ1) is 12.2. The maximum atomic E-state index is 12.3. The van der Waals surface area contributed by atoms with E-state index in [0.717, 1.165) is 19.3 Å². The van der Waals surface area contributed by atoms with E-state index in [1.807, 2.05) is 39.5 Å². The van der Waals surface area contributed by atoms with Crippen molar-refractivity contribution < 1.29 is 18.8 Å². The molecule has 146 valence electrons. The largest absolute Gasteiger partial charge is 0.456 e. The summed E-state index contributed by atoms with van der Waals surface area (Å²) in [6.07, 6.45) is 4.45. The van der Waals surface area contributed by atoms with Gasteiger partial charge in [-0.3, -0.25) is 9.59 Å². The fourth-order valence-electron chi connectivity index (χ4n) is 3.25. The third-order valence-corrected chi connectivity index (χ3v) is 4.75. The van der Waals surface area contributed by atoms with Crippen molar-refractivity contribution in [2.24, 2.45) is 0 Å². The second-order valence-corrected chi connectivity index (χ2v) is 8.21. The van der Waals surface area contributed by atoms with Crippen molar-refractivity contribution in [1.82, 2.24) is 15.0 Å².